The first kappa shape index (κ1) is 16.5. The second-order valence-corrected chi connectivity index (χ2v) is 5.90. The Hall–Kier alpha value is -2.40. The SMILES string of the molecule is COc1ccc(F)cc1-c1ccc(C(=O)N2CCC[C@H]2CO)cc1. The fraction of sp³-hybridized carbons (Fsp3) is 0.316. The first-order valence-electron chi connectivity index (χ1n) is 8.00. The number of aliphatic hydroxyl groups excluding tert-OH is 1. The minimum absolute atomic E-state index is 0.00961. The molecule has 3 rings (SSSR count). The van der Waals surface area contributed by atoms with Crippen LogP contribution in [0.3, 0.4) is 0 Å². The van der Waals surface area contributed by atoms with Gasteiger partial charge in [0.2, 0.25) is 0 Å². The maximum atomic E-state index is 13.5. The third kappa shape index (κ3) is 3.12. The maximum Gasteiger partial charge on any atom is 0.254 e. The number of hydrogen-bond donors (Lipinski definition) is 1. The third-order valence-electron chi connectivity index (χ3n) is 4.45. The Morgan fingerprint density at radius 2 is 2.04 bits per heavy atom. The van der Waals surface area contributed by atoms with Gasteiger partial charge in [-0.3, -0.25) is 4.79 Å². The zero-order valence-corrected chi connectivity index (χ0v) is 13.5. The third-order valence-corrected chi connectivity index (χ3v) is 4.45. The van der Waals surface area contributed by atoms with Crippen molar-refractivity contribution in [2.45, 2.75) is 18.9 Å². The molecule has 2 aromatic carbocycles. The van der Waals surface area contributed by atoms with Crippen molar-refractivity contribution < 1.29 is 19.0 Å². The van der Waals surface area contributed by atoms with E-state index in [-0.39, 0.29) is 24.4 Å². The van der Waals surface area contributed by atoms with Crippen LogP contribution in [0.4, 0.5) is 4.39 Å². The monoisotopic (exact) mass is 329 g/mol. The summed E-state index contributed by atoms with van der Waals surface area (Å²) in [5, 5.41) is 9.37. The highest BCUT2D eigenvalue weighted by atomic mass is 19.1. The highest BCUT2D eigenvalue weighted by Crippen LogP contribution is 2.31. The van der Waals surface area contributed by atoms with Crippen molar-refractivity contribution in [3.63, 3.8) is 0 Å². The number of methoxy groups -OCH3 is 1. The predicted octanol–water partition coefficient (Wildman–Crippen LogP) is 3.10. The molecule has 0 bridgehead atoms. The van der Waals surface area contributed by atoms with Gasteiger partial charge in [0.1, 0.15) is 11.6 Å². The van der Waals surface area contributed by atoms with Gasteiger partial charge in [0.15, 0.2) is 0 Å². The van der Waals surface area contributed by atoms with Crippen molar-refractivity contribution >= 4 is 5.91 Å². The normalized spacial score (nSPS) is 17.1. The molecule has 0 saturated carbocycles. The summed E-state index contributed by atoms with van der Waals surface area (Å²) >= 11 is 0. The molecule has 5 heteroatoms. The number of ether oxygens (including phenoxy) is 1. The number of rotatable bonds is 4. The van der Waals surface area contributed by atoms with Crippen LogP contribution in [0.5, 0.6) is 5.75 Å². The molecule has 0 aliphatic carbocycles. The predicted molar refractivity (Wildman–Crippen MR) is 89.5 cm³/mol. The number of carbonyl (C=O) groups excluding carboxylic acids is 1. The average molecular weight is 329 g/mol. The lowest BCUT2D eigenvalue weighted by atomic mass is 10.0. The van der Waals surface area contributed by atoms with Crippen LogP contribution in [-0.2, 0) is 0 Å². The Morgan fingerprint density at radius 1 is 1.29 bits per heavy atom. The molecule has 24 heavy (non-hydrogen) atoms. The Balaban J connectivity index is 1.86. The second kappa shape index (κ2) is 7.01. The standard InChI is InChI=1S/C19H20FNO3/c1-24-18-9-8-15(20)11-17(18)13-4-6-14(7-5-13)19(23)21-10-2-3-16(21)12-22/h4-9,11,16,22H,2-3,10,12H2,1H3/t16-/m0/s1. The molecule has 1 saturated heterocycles. The topological polar surface area (TPSA) is 49.8 Å². The molecular weight excluding hydrogens is 309 g/mol. The molecule has 1 aliphatic rings. The summed E-state index contributed by atoms with van der Waals surface area (Å²) in [6, 6.07) is 11.3. The minimum atomic E-state index is -0.339. The van der Waals surface area contributed by atoms with Crippen LogP contribution in [0.1, 0.15) is 23.2 Å². The molecule has 2 aromatic rings. The quantitative estimate of drug-likeness (QED) is 0.938. The van der Waals surface area contributed by atoms with Gasteiger partial charge >= 0.3 is 0 Å². The van der Waals surface area contributed by atoms with Crippen LogP contribution in [0.15, 0.2) is 42.5 Å². The van der Waals surface area contributed by atoms with E-state index < -0.39 is 0 Å². The largest absolute Gasteiger partial charge is 0.496 e. The molecule has 0 aromatic heterocycles. The van der Waals surface area contributed by atoms with E-state index in [4.69, 9.17) is 4.74 Å². The van der Waals surface area contributed by atoms with Gasteiger partial charge in [0.25, 0.3) is 5.91 Å². The first-order valence-corrected chi connectivity index (χ1v) is 8.00. The van der Waals surface area contributed by atoms with Crippen LogP contribution in [0.25, 0.3) is 11.1 Å². The van der Waals surface area contributed by atoms with E-state index in [9.17, 15) is 14.3 Å². The Morgan fingerprint density at radius 3 is 2.71 bits per heavy atom. The minimum Gasteiger partial charge on any atom is -0.496 e. The van der Waals surface area contributed by atoms with E-state index in [1.807, 2.05) is 0 Å². The molecule has 4 nitrogen and oxygen atoms in total. The molecule has 1 amide bonds. The van der Waals surface area contributed by atoms with Crippen LogP contribution in [0.2, 0.25) is 0 Å². The summed E-state index contributed by atoms with van der Waals surface area (Å²) in [5.41, 5.74) is 1.99. The lowest BCUT2D eigenvalue weighted by Gasteiger charge is -2.23. The van der Waals surface area contributed by atoms with Gasteiger partial charge in [0.05, 0.1) is 19.8 Å². The zero-order valence-electron chi connectivity index (χ0n) is 13.5. The van der Waals surface area contributed by atoms with Crippen LogP contribution >= 0.6 is 0 Å². The fourth-order valence-corrected chi connectivity index (χ4v) is 3.16. The Labute approximate surface area is 140 Å². The molecule has 1 heterocycles. The number of carbonyl (C=O) groups is 1. The van der Waals surface area contributed by atoms with E-state index in [0.29, 0.717) is 23.4 Å². The highest BCUT2D eigenvalue weighted by Gasteiger charge is 2.28. The summed E-state index contributed by atoms with van der Waals surface area (Å²) in [5.74, 6) is 0.161. The van der Waals surface area contributed by atoms with Crippen LogP contribution < -0.4 is 4.74 Å². The van der Waals surface area contributed by atoms with E-state index in [0.717, 1.165) is 18.4 Å². The highest BCUT2D eigenvalue weighted by molar-refractivity contribution is 5.95. The summed E-state index contributed by atoms with van der Waals surface area (Å²) < 4.78 is 18.8. The molecular formula is C19H20FNO3. The van der Waals surface area contributed by atoms with Gasteiger partial charge < -0.3 is 14.7 Å². The molecule has 0 spiro atoms. The number of nitrogens with zero attached hydrogens (tertiary/aromatic N) is 1. The van der Waals surface area contributed by atoms with Crippen molar-refractivity contribution in [1.29, 1.82) is 0 Å². The first-order chi connectivity index (χ1) is 11.6. The lowest BCUT2D eigenvalue weighted by molar-refractivity contribution is 0.0677. The van der Waals surface area contributed by atoms with E-state index in [2.05, 4.69) is 0 Å². The summed E-state index contributed by atoms with van der Waals surface area (Å²) in [7, 11) is 1.54. The smallest absolute Gasteiger partial charge is 0.254 e. The molecule has 1 aliphatic heterocycles. The lowest BCUT2D eigenvalue weighted by Crippen LogP contribution is -2.37. The summed E-state index contributed by atoms with van der Waals surface area (Å²) in [6.45, 7) is 0.661. The second-order valence-electron chi connectivity index (χ2n) is 5.90. The van der Waals surface area contributed by atoms with Gasteiger partial charge in [-0.05, 0) is 48.7 Å². The van der Waals surface area contributed by atoms with Crippen molar-refractivity contribution in [2.75, 3.05) is 20.3 Å². The fourth-order valence-electron chi connectivity index (χ4n) is 3.16. The van der Waals surface area contributed by atoms with E-state index in [1.165, 1.54) is 19.2 Å². The van der Waals surface area contributed by atoms with Crippen molar-refractivity contribution in [1.82, 2.24) is 4.90 Å². The maximum absolute atomic E-state index is 13.5. The number of benzene rings is 2. The number of likely N-dealkylation sites (tertiary alicyclic amines) is 1. The van der Waals surface area contributed by atoms with Crippen molar-refractivity contribution in [2.24, 2.45) is 0 Å². The number of amides is 1. The molecule has 0 radical (unpaired) electrons. The van der Waals surface area contributed by atoms with Gasteiger partial charge in [-0.25, -0.2) is 4.39 Å². The van der Waals surface area contributed by atoms with Gasteiger partial charge in [0, 0.05) is 17.7 Å². The summed E-state index contributed by atoms with van der Waals surface area (Å²) in [6.07, 6.45) is 1.75. The van der Waals surface area contributed by atoms with Gasteiger partial charge in [-0.2, -0.15) is 0 Å². The number of hydrogen-bond acceptors (Lipinski definition) is 3. The van der Waals surface area contributed by atoms with E-state index in [1.54, 1.807) is 35.2 Å². The molecule has 126 valence electrons. The van der Waals surface area contributed by atoms with Crippen LogP contribution in [0, 0.1) is 5.82 Å². The number of aliphatic hydroxyl groups is 1. The number of halogens is 1. The molecule has 1 fully saturated rings. The summed E-state index contributed by atoms with van der Waals surface area (Å²) in [4.78, 5) is 14.3. The molecule has 0 unspecified atom stereocenters. The van der Waals surface area contributed by atoms with Gasteiger partial charge in [-0.15, -0.1) is 0 Å². The average Bonchev–Trinajstić information content (AvgIpc) is 3.10. The zero-order chi connectivity index (χ0) is 17.1. The Bertz CT molecular complexity index is 730. The molecule has 1 atom stereocenters. The molecule has 1 N–H and O–H groups in total. The van der Waals surface area contributed by atoms with Crippen LogP contribution in [-0.4, -0.2) is 42.2 Å². The van der Waals surface area contributed by atoms with Crippen molar-refractivity contribution in [3.05, 3.63) is 53.8 Å². The Kier molecular flexibility index (Phi) is 4.81. The van der Waals surface area contributed by atoms with E-state index >= 15 is 0 Å². The van der Waals surface area contributed by atoms with Gasteiger partial charge in [-0.1, -0.05) is 12.1 Å². The van der Waals surface area contributed by atoms with Crippen molar-refractivity contribution in [3.8, 4) is 16.9 Å².